The number of rotatable bonds is 2. The standard InChI is InChI=1S/C27H12Br2F6N2/c28-17-11-15(13-7-3-1-4-8-13)19-21-22(26(32,33)27(34,35)25(21,30)31)20-16(24(19)37-17)12-18(29)36-23(20)14-9-5-2-6-10-14/h1-12H. The number of nitrogens with zero attached hydrogens (tertiary/aromatic N) is 2. The molecular formula is C27H12Br2F6N2. The second-order valence-corrected chi connectivity index (χ2v) is 10.3. The zero-order valence-electron chi connectivity index (χ0n) is 18.3. The van der Waals surface area contributed by atoms with Crippen molar-refractivity contribution in [3.63, 3.8) is 0 Å². The molecule has 6 rings (SSSR count). The molecule has 0 fully saturated rings. The van der Waals surface area contributed by atoms with Gasteiger partial charge < -0.3 is 0 Å². The number of alkyl halides is 6. The van der Waals surface area contributed by atoms with Gasteiger partial charge in [0.2, 0.25) is 0 Å². The second-order valence-electron chi connectivity index (χ2n) is 8.64. The Kier molecular flexibility index (Phi) is 5.27. The molecule has 0 saturated heterocycles. The van der Waals surface area contributed by atoms with Gasteiger partial charge >= 0.3 is 17.8 Å². The van der Waals surface area contributed by atoms with Crippen molar-refractivity contribution in [2.75, 3.05) is 0 Å². The molecule has 0 unspecified atom stereocenters. The molecule has 37 heavy (non-hydrogen) atoms. The van der Waals surface area contributed by atoms with Crippen LogP contribution in [-0.4, -0.2) is 15.9 Å². The minimum Gasteiger partial charge on any atom is -0.240 e. The Balaban J connectivity index is 1.96. The van der Waals surface area contributed by atoms with Gasteiger partial charge in [-0.25, -0.2) is 9.97 Å². The molecule has 1 aliphatic carbocycles. The summed E-state index contributed by atoms with van der Waals surface area (Å²) >= 11 is 6.55. The number of halogens is 8. The maximum atomic E-state index is 15.6. The highest BCUT2D eigenvalue weighted by Gasteiger charge is 2.80. The molecule has 2 aromatic heterocycles. The summed E-state index contributed by atoms with van der Waals surface area (Å²) in [4.78, 5) is 8.62. The van der Waals surface area contributed by atoms with E-state index >= 15 is 26.3 Å². The minimum absolute atomic E-state index is 0.0128. The second kappa shape index (κ2) is 8.01. The fourth-order valence-corrected chi connectivity index (χ4v) is 5.77. The van der Waals surface area contributed by atoms with Gasteiger partial charge in [-0.2, -0.15) is 26.3 Å². The summed E-state index contributed by atoms with van der Waals surface area (Å²) in [6.07, 6.45) is 0. The molecule has 10 heteroatoms. The highest BCUT2D eigenvalue weighted by Crippen LogP contribution is 2.67. The molecule has 0 atom stereocenters. The fourth-order valence-electron chi connectivity index (χ4n) is 4.95. The Bertz CT molecular complexity index is 1600. The zero-order valence-corrected chi connectivity index (χ0v) is 21.5. The molecule has 0 radical (unpaired) electrons. The Labute approximate surface area is 222 Å². The first-order valence-electron chi connectivity index (χ1n) is 10.9. The fraction of sp³-hybridized carbons (Fsp3) is 0.111. The molecule has 0 saturated carbocycles. The van der Waals surface area contributed by atoms with E-state index in [9.17, 15) is 0 Å². The summed E-state index contributed by atoms with van der Waals surface area (Å²) in [5.74, 6) is -16.1. The first kappa shape index (κ1) is 24.4. The highest BCUT2D eigenvalue weighted by atomic mass is 79.9. The lowest BCUT2D eigenvalue weighted by Gasteiger charge is -2.24. The van der Waals surface area contributed by atoms with E-state index < -0.39 is 39.7 Å². The van der Waals surface area contributed by atoms with Gasteiger partial charge in [0.05, 0.1) is 11.2 Å². The summed E-state index contributed by atoms with van der Waals surface area (Å²) in [5, 5.41) is -0.972. The molecule has 0 aliphatic heterocycles. The van der Waals surface area contributed by atoms with Crippen molar-refractivity contribution < 1.29 is 26.3 Å². The van der Waals surface area contributed by atoms with Crippen molar-refractivity contribution in [1.82, 2.24) is 9.97 Å². The largest absolute Gasteiger partial charge is 0.380 e. The van der Waals surface area contributed by atoms with E-state index in [-0.39, 0.29) is 31.4 Å². The minimum atomic E-state index is -5.69. The van der Waals surface area contributed by atoms with Gasteiger partial charge in [0.25, 0.3) is 0 Å². The number of hydrogen-bond donors (Lipinski definition) is 0. The van der Waals surface area contributed by atoms with E-state index in [0.717, 1.165) is 0 Å². The van der Waals surface area contributed by atoms with Crippen molar-refractivity contribution in [1.29, 1.82) is 0 Å². The van der Waals surface area contributed by atoms with Crippen LogP contribution >= 0.6 is 31.9 Å². The van der Waals surface area contributed by atoms with Crippen LogP contribution < -0.4 is 0 Å². The SMILES string of the molecule is FC1(F)c2c(c3c(-c4ccccc4)cc(Br)nc3c3cc(Br)nc(-c4ccccc4)c23)C(F)(F)C1(F)F. The molecule has 2 nitrogen and oxygen atoms in total. The van der Waals surface area contributed by atoms with Gasteiger partial charge in [-0.1, -0.05) is 60.7 Å². The van der Waals surface area contributed by atoms with Crippen molar-refractivity contribution >= 4 is 53.5 Å². The van der Waals surface area contributed by atoms with Gasteiger partial charge in [0.1, 0.15) is 9.21 Å². The van der Waals surface area contributed by atoms with Gasteiger partial charge in [0, 0.05) is 32.8 Å². The van der Waals surface area contributed by atoms with Crippen LogP contribution in [0.5, 0.6) is 0 Å². The highest BCUT2D eigenvalue weighted by molar-refractivity contribution is 9.10. The first-order valence-corrected chi connectivity index (χ1v) is 12.5. The number of fused-ring (bicyclic) bond motifs is 6. The topological polar surface area (TPSA) is 25.8 Å². The molecule has 0 amide bonds. The molecule has 0 bridgehead atoms. The third-order valence-electron chi connectivity index (χ3n) is 6.53. The van der Waals surface area contributed by atoms with Crippen LogP contribution in [0.3, 0.4) is 0 Å². The van der Waals surface area contributed by atoms with E-state index in [2.05, 4.69) is 41.8 Å². The van der Waals surface area contributed by atoms with Crippen LogP contribution in [0.2, 0.25) is 0 Å². The van der Waals surface area contributed by atoms with Crippen LogP contribution in [0.1, 0.15) is 11.1 Å². The average Bonchev–Trinajstić information content (AvgIpc) is 2.98. The molecule has 3 aromatic carbocycles. The number of aromatic nitrogens is 2. The lowest BCUT2D eigenvalue weighted by atomic mass is 9.88. The predicted molar refractivity (Wildman–Crippen MR) is 136 cm³/mol. The summed E-state index contributed by atoms with van der Waals surface area (Å²) in [6.45, 7) is 0. The van der Waals surface area contributed by atoms with Gasteiger partial charge in [-0.3, -0.25) is 0 Å². The van der Waals surface area contributed by atoms with Crippen molar-refractivity contribution in [3.05, 3.63) is 93.1 Å². The molecule has 0 spiro atoms. The van der Waals surface area contributed by atoms with E-state index in [0.29, 0.717) is 11.1 Å². The summed E-state index contributed by atoms with van der Waals surface area (Å²) < 4.78 is 92.8. The first-order chi connectivity index (χ1) is 17.5. The monoisotopic (exact) mass is 636 g/mol. The maximum Gasteiger partial charge on any atom is 0.380 e. The quantitative estimate of drug-likeness (QED) is 0.109. The molecule has 1 aliphatic rings. The number of hydrogen-bond acceptors (Lipinski definition) is 2. The van der Waals surface area contributed by atoms with Gasteiger partial charge in [-0.15, -0.1) is 0 Å². The Morgan fingerprint density at radius 2 is 1.11 bits per heavy atom. The van der Waals surface area contributed by atoms with Crippen molar-refractivity contribution in [2.45, 2.75) is 17.8 Å². The molecular weight excluding hydrogens is 626 g/mol. The zero-order chi connectivity index (χ0) is 26.3. The van der Waals surface area contributed by atoms with Crippen LogP contribution in [0, 0.1) is 0 Å². The smallest absolute Gasteiger partial charge is 0.240 e. The predicted octanol–water partition coefficient (Wildman–Crippen LogP) is 9.47. The van der Waals surface area contributed by atoms with Crippen LogP contribution in [0.15, 0.2) is 82.0 Å². The van der Waals surface area contributed by atoms with Crippen molar-refractivity contribution in [2.24, 2.45) is 0 Å². The molecule has 5 aromatic rings. The molecule has 0 N–H and O–H groups in total. The average molecular weight is 638 g/mol. The van der Waals surface area contributed by atoms with E-state index in [1.807, 2.05) is 0 Å². The van der Waals surface area contributed by atoms with E-state index in [4.69, 9.17) is 0 Å². The number of benzene rings is 3. The van der Waals surface area contributed by atoms with E-state index in [1.54, 1.807) is 48.5 Å². The third-order valence-corrected chi connectivity index (χ3v) is 7.34. The van der Waals surface area contributed by atoms with Gasteiger partial charge in [-0.05, 0) is 55.1 Å². The summed E-state index contributed by atoms with van der Waals surface area (Å²) in [7, 11) is 0. The van der Waals surface area contributed by atoms with Crippen LogP contribution in [0.4, 0.5) is 26.3 Å². The maximum absolute atomic E-state index is 15.6. The Hall–Kier alpha value is -2.98. The van der Waals surface area contributed by atoms with Crippen LogP contribution in [-0.2, 0) is 11.8 Å². The van der Waals surface area contributed by atoms with Crippen LogP contribution in [0.25, 0.3) is 44.1 Å². The lowest BCUT2D eigenvalue weighted by molar-refractivity contribution is -0.301. The van der Waals surface area contributed by atoms with Gasteiger partial charge in [0.15, 0.2) is 0 Å². The molecule has 186 valence electrons. The number of pyridine rings is 2. The van der Waals surface area contributed by atoms with Crippen molar-refractivity contribution in [3.8, 4) is 22.4 Å². The Morgan fingerprint density at radius 3 is 1.70 bits per heavy atom. The molecule has 2 heterocycles. The summed E-state index contributed by atoms with van der Waals surface area (Å²) in [5.41, 5.74) is -2.41. The normalized spacial score (nSPS) is 17.3. The van der Waals surface area contributed by atoms with E-state index in [1.165, 1.54) is 24.3 Å². The lowest BCUT2D eigenvalue weighted by Crippen LogP contribution is -2.43. The third kappa shape index (κ3) is 3.24. The Morgan fingerprint density at radius 1 is 0.595 bits per heavy atom. The summed E-state index contributed by atoms with van der Waals surface area (Å²) in [6, 6.07) is 18.8.